The molecule has 0 aliphatic heterocycles. The van der Waals surface area contributed by atoms with E-state index in [9.17, 15) is 4.79 Å². The molecular weight excluding hydrogens is 168 g/mol. The van der Waals surface area contributed by atoms with Crippen LogP contribution < -0.4 is 5.32 Å². The van der Waals surface area contributed by atoms with E-state index in [-0.39, 0.29) is 5.97 Å². The smallest absolute Gasteiger partial charge is 0.339 e. The standard InChI is InChI=1S/C9H12N2O2/c1-6-7(9(12)13-3)4-5-8(10-2)11-6/h4-5H,1-3H3,(H,10,11). The summed E-state index contributed by atoms with van der Waals surface area (Å²) in [5.41, 5.74) is 1.17. The Morgan fingerprint density at radius 2 is 2.23 bits per heavy atom. The summed E-state index contributed by atoms with van der Waals surface area (Å²) in [4.78, 5) is 15.3. The van der Waals surface area contributed by atoms with Gasteiger partial charge in [0.05, 0.1) is 18.4 Å². The molecule has 0 unspecified atom stereocenters. The average Bonchev–Trinajstić information content (AvgIpc) is 2.16. The monoisotopic (exact) mass is 180 g/mol. The molecule has 0 spiro atoms. The fourth-order valence-electron chi connectivity index (χ4n) is 1.03. The molecule has 13 heavy (non-hydrogen) atoms. The number of rotatable bonds is 2. The number of nitrogens with zero attached hydrogens (tertiary/aromatic N) is 1. The molecule has 0 amide bonds. The highest BCUT2D eigenvalue weighted by molar-refractivity contribution is 5.90. The molecule has 4 nitrogen and oxygen atoms in total. The number of anilines is 1. The number of hydrogen-bond acceptors (Lipinski definition) is 4. The number of aryl methyl sites for hydroxylation is 1. The van der Waals surface area contributed by atoms with Crippen LogP contribution in [-0.4, -0.2) is 25.1 Å². The largest absolute Gasteiger partial charge is 0.465 e. The Morgan fingerprint density at radius 1 is 1.54 bits per heavy atom. The van der Waals surface area contributed by atoms with Gasteiger partial charge in [0.25, 0.3) is 0 Å². The van der Waals surface area contributed by atoms with Gasteiger partial charge in [-0.1, -0.05) is 0 Å². The van der Waals surface area contributed by atoms with Gasteiger partial charge in [-0.25, -0.2) is 9.78 Å². The minimum Gasteiger partial charge on any atom is -0.465 e. The molecule has 4 heteroatoms. The van der Waals surface area contributed by atoms with Crippen LogP contribution in [-0.2, 0) is 4.74 Å². The summed E-state index contributed by atoms with van der Waals surface area (Å²) in [5.74, 6) is 0.387. The topological polar surface area (TPSA) is 51.2 Å². The summed E-state index contributed by atoms with van der Waals surface area (Å²) < 4.78 is 4.59. The summed E-state index contributed by atoms with van der Waals surface area (Å²) in [7, 11) is 3.13. The van der Waals surface area contributed by atoms with Gasteiger partial charge in [-0.2, -0.15) is 0 Å². The second-order valence-corrected chi connectivity index (χ2v) is 2.57. The number of methoxy groups -OCH3 is 1. The molecular formula is C9H12N2O2. The Morgan fingerprint density at radius 3 is 2.69 bits per heavy atom. The minimum absolute atomic E-state index is 0.354. The van der Waals surface area contributed by atoms with Crippen LogP contribution in [0.2, 0.25) is 0 Å². The van der Waals surface area contributed by atoms with Gasteiger partial charge in [-0.15, -0.1) is 0 Å². The van der Waals surface area contributed by atoms with Crippen molar-refractivity contribution in [3.05, 3.63) is 23.4 Å². The first-order chi connectivity index (χ1) is 6.19. The summed E-state index contributed by atoms with van der Waals surface area (Å²) in [6.45, 7) is 1.77. The number of carbonyl (C=O) groups is 1. The molecule has 0 aliphatic rings. The zero-order valence-electron chi connectivity index (χ0n) is 7.92. The van der Waals surface area contributed by atoms with Crippen molar-refractivity contribution in [1.82, 2.24) is 4.98 Å². The molecule has 1 aromatic heterocycles. The molecule has 0 radical (unpaired) electrons. The molecule has 1 N–H and O–H groups in total. The summed E-state index contributed by atoms with van der Waals surface area (Å²) >= 11 is 0. The highest BCUT2D eigenvalue weighted by Gasteiger charge is 2.09. The van der Waals surface area contributed by atoms with Crippen LogP contribution in [0.15, 0.2) is 12.1 Å². The predicted octanol–water partition coefficient (Wildman–Crippen LogP) is 1.22. The van der Waals surface area contributed by atoms with Gasteiger partial charge in [0, 0.05) is 7.05 Å². The third-order valence-electron chi connectivity index (χ3n) is 1.75. The maximum atomic E-state index is 11.2. The van der Waals surface area contributed by atoms with Crippen molar-refractivity contribution >= 4 is 11.8 Å². The van der Waals surface area contributed by atoms with Crippen LogP contribution in [0.1, 0.15) is 16.1 Å². The Bertz CT molecular complexity index is 323. The highest BCUT2D eigenvalue weighted by atomic mass is 16.5. The first-order valence-electron chi connectivity index (χ1n) is 3.92. The molecule has 0 saturated heterocycles. The van der Waals surface area contributed by atoms with Crippen LogP contribution in [0.3, 0.4) is 0 Å². The van der Waals surface area contributed by atoms with Crippen LogP contribution in [0.25, 0.3) is 0 Å². The van der Waals surface area contributed by atoms with Gasteiger partial charge in [0.1, 0.15) is 5.82 Å². The van der Waals surface area contributed by atoms with E-state index in [0.29, 0.717) is 11.3 Å². The summed E-state index contributed by atoms with van der Waals surface area (Å²) in [6, 6.07) is 3.43. The number of aromatic nitrogens is 1. The van der Waals surface area contributed by atoms with Crippen molar-refractivity contribution in [3.8, 4) is 0 Å². The van der Waals surface area contributed by atoms with E-state index in [2.05, 4.69) is 15.0 Å². The molecule has 1 aromatic rings. The van der Waals surface area contributed by atoms with Crippen molar-refractivity contribution in [2.75, 3.05) is 19.5 Å². The maximum Gasteiger partial charge on any atom is 0.339 e. The number of hydrogen-bond donors (Lipinski definition) is 1. The first kappa shape index (κ1) is 9.51. The van der Waals surface area contributed by atoms with Gasteiger partial charge < -0.3 is 10.1 Å². The zero-order valence-corrected chi connectivity index (χ0v) is 7.92. The van der Waals surface area contributed by atoms with Crippen molar-refractivity contribution in [2.45, 2.75) is 6.92 Å². The number of esters is 1. The molecule has 0 aliphatic carbocycles. The van der Waals surface area contributed by atoms with Crippen molar-refractivity contribution in [1.29, 1.82) is 0 Å². The molecule has 70 valence electrons. The number of carbonyl (C=O) groups excluding carboxylic acids is 1. The van der Waals surface area contributed by atoms with Crippen molar-refractivity contribution in [2.24, 2.45) is 0 Å². The summed E-state index contributed by atoms with van der Waals surface area (Å²) in [6.07, 6.45) is 0. The van der Waals surface area contributed by atoms with E-state index < -0.39 is 0 Å². The molecule has 0 fully saturated rings. The second kappa shape index (κ2) is 3.89. The molecule has 1 rings (SSSR count). The van der Waals surface area contributed by atoms with Crippen LogP contribution in [0.5, 0.6) is 0 Å². The lowest BCUT2D eigenvalue weighted by atomic mass is 10.2. The quantitative estimate of drug-likeness (QED) is 0.695. The lowest BCUT2D eigenvalue weighted by Gasteiger charge is -2.04. The van der Waals surface area contributed by atoms with Crippen LogP contribution in [0.4, 0.5) is 5.82 Å². The van der Waals surface area contributed by atoms with E-state index >= 15 is 0 Å². The van der Waals surface area contributed by atoms with Gasteiger partial charge in [0.2, 0.25) is 0 Å². The van der Waals surface area contributed by atoms with Crippen molar-refractivity contribution in [3.63, 3.8) is 0 Å². The zero-order chi connectivity index (χ0) is 9.84. The van der Waals surface area contributed by atoms with Gasteiger partial charge in [0.15, 0.2) is 0 Å². The third-order valence-corrected chi connectivity index (χ3v) is 1.75. The first-order valence-corrected chi connectivity index (χ1v) is 3.92. The van der Waals surface area contributed by atoms with Crippen molar-refractivity contribution < 1.29 is 9.53 Å². The lowest BCUT2D eigenvalue weighted by molar-refractivity contribution is 0.0599. The third kappa shape index (κ3) is 1.96. The Labute approximate surface area is 76.9 Å². The van der Waals surface area contributed by atoms with Gasteiger partial charge in [-0.3, -0.25) is 0 Å². The second-order valence-electron chi connectivity index (χ2n) is 2.57. The molecule has 1 heterocycles. The Kier molecular flexibility index (Phi) is 2.84. The fourth-order valence-corrected chi connectivity index (χ4v) is 1.03. The Hall–Kier alpha value is -1.58. The van der Waals surface area contributed by atoms with E-state index in [1.807, 2.05) is 0 Å². The average molecular weight is 180 g/mol. The van der Waals surface area contributed by atoms with E-state index in [1.54, 1.807) is 26.1 Å². The molecule has 0 saturated carbocycles. The molecule has 0 bridgehead atoms. The SMILES string of the molecule is CNc1ccc(C(=O)OC)c(C)n1. The van der Waals surface area contributed by atoms with Crippen LogP contribution >= 0.6 is 0 Å². The predicted molar refractivity (Wildman–Crippen MR) is 49.9 cm³/mol. The Balaban J connectivity index is 3.05. The number of nitrogens with one attached hydrogen (secondary N) is 1. The van der Waals surface area contributed by atoms with Gasteiger partial charge in [-0.05, 0) is 19.1 Å². The van der Waals surface area contributed by atoms with E-state index in [4.69, 9.17) is 0 Å². The lowest BCUT2D eigenvalue weighted by Crippen LogP contribution is -2.06. The van der Waals surface area contributed by atoms with Crippen LogP contribution in [0, 0.1) is 6.92 Å². The highest BCUT2D eigenvalue weighted by Crippen LogP contribution is 2.10. The van der Waals surface area contributed by atoms with E-state index in [0.717, 1.165) is 5.82 Å². The number of ether oxygens (including phenoxy) is 1. The normalized spacial score (nSPS) is 9.46. The molecule has 0 aromatic carbocycles. The summed E-state index contributed by atoms with van der Waals surface area (Å²) in [5, 5.41) is 2.89. The fraction of sp³-hybridized carbons (Fsp3) is 0.333. The van der Waals surface area contributed by atoms with E-state index in [1.165, 1.54) is 7.11 Å². The minimum atomic E-state index is -0.354. The maximum absolute atomic E-state index is 11.2. The number of pyridine rings is 1. The molecule has 0 atom stereocenters. The van der Waals surface area contributed by atoms with Gasteiger partial charge >= 0.3 is 5.97 Å².